The summed E-state index contributed by atoms with van der Waals surface area (Å²) in [5.41, 5.74) is 3.48. The molecule has 2 nitrogen and oxygen atoms in total. The second kappa shape index (κ2) is 9.32. The summed E-state index contributed by atoms with van der Waals surface area (Å²) >= 11 is 0. The molecule has 1 aromatic carbocycles. The van der Waals surface area contributed by atoms with Crippen LogP contribution in [0.3, 0.4) is 0 Å². The molecule has 0 aromatic heterocycles. The zero-order valence-corrected chi connectivity index (χ0v) is 15.0. The highest BCUT2D eigenvalue weighted by atomic mass is 35.5. The minimum Gasteiger partial charge on any atom is -0.303 e. The Morgan fingerprint density at radius 2 is 1.82 bits per heavy atom. The number of hydrogen-bond acceptors (Lipinski definition) is 2. The van der Waals surface area contributed by atoms with Crippen molar-refractivity contribution in [2.45, 2.75) is 52.9 Å². The highest BCUT2D eigenvalue weighted by molar-refractivity contribution is 5.99. The summed E-state index contributed by atoms with van der Waals surface area (Å²) in [4.78, 5) is 15.2. The molecule has 1 saturated heterocycles. The van der Waals surface area contributed by atoms with Gasteiger partial charge < -0.3 is 4.90 Å². The van der Waals surface area contributed by atoms with Crippen molar-refractivity contribution in [2.75, 3.05) is 19.6 Å². The molecule has 1 fully saturated rings. The van der Waals surface area contributed by atoms with E-state index < -0.39 is 0 Å². The lowest BCUT2D eigenvalue weighted by molar-refractivity contribution is 0.0882. The molecule has 124 valence electrons. The van der Waals surface area contributed by atoms with Gasteiger partial charge in [0.25, 0.3) is 0 Å². The number of Topliss-reactive ketones (excluding diaryl/α,β-unsaturated/α-hetero) is 1. The molecular formula is C19H30ClNO. The number of hydrogen-bond donors (Lipinski definition) is 0. The zero-order chi connectivity index (χ0) is 15.2. The summed E-state index contributed by atoms with van der Waals surface area (Å²) in [7, 11) is 0. The first kappa shape index (κ1) is 19.2. The molecule has 1 atom stereocenters. The third-order valence-corrected chi connectivity index (χ3v) is 4.65. The number of piperidine rings is 1. The summed E-state index contributed by atoms with van der Waals surface area (Å²) in [6, 6.07) is 6.37. The molecule has 0 saturated carbocycles. The number of carbonyl (C=O) groups is 1. The van der Waals surface area contributed by atoms with E-state index in [1.807, 2.05) is 6.07 Å². The molecule has 0 bridgehead atoms. The minimum absolute atomic E-state index is 0. The third kappa shape index (κ3) is 4.82. The van der Waals surface area contributed by atoms with Gasteiger partial charge in [0, 0.05) is 18.0 Å². The molecule has 2 rings (SSSR count). The van der Waals surface area contributed by atoms with Gasteiger partial charge in [-0.15, -0.1) is 12.4 Å². The van der Waals surface area contributed by atoms with E-state index in [0.29, 0.717) is 5.78 Å². The predicted molar refractivity (Wildman–Crippen MR) is 96.2 cm³/mol. The first-order valence-corrected chi connectivity index (χ1v) is 8.54. The van der Waals surface area contributed by atoms with Crippen LogP contribution in [0.5, 0.6) is 0 Å². The lowest BCUT2D eigenvalue weighted by atomic mass is 9.91. The summed E-state index contributed by atoms with van der Waals surface area (Å²) in [5, 5.41) is 0. The van der Waals surface area contributed by atoms with Gasteiger partial charge in [0.15, 0.2) is 5.78 Å². The summed E-state index contributed by atoms with van der Waals surface area (Å²) in [5.74, 6) is 0.418. The van der Waals surface area contributed by atoms with Crippen molar-refractivity contribution in [1.29, 1.82) is 0 Å². The van der Waals surface area contributed by atoms with Crippen LogP contribution < -0.4 is 0 Å². The molecule has 1 aliphatic rings. The van der Waals surface area contributed by atoms with E-state index in [9.17, 15) is 4.79 Å². The van der Waals surface area contributed by atoms with Crippen molar-refractivity contribution in [2.24, 2.45) is 5.92 Å². The Balaban J connectivity index is 0.00000242. The SMILES string of the molecule is CCc1ccc(C(=O)C(C)CN2CCCCC2)c(CC)c1.Cl. The molecule has 1 aromatic rings. The van der Waals surface area contributed by atoms with E-state index in [1.54, 1.807) is 0 Å². The van der Waals surface area contributed by atoms with Crippen molar-refractivity contribution < 1.29 is 4.79 Å². The van der Waals surface area contributed by atoms with Gasteiger partial charge in [-0.25, -0.2) is 0 Å². The number of carbonyl (C=O) groups excluding carboxylic acids is 1. The minimum atomic E-state index is 0. The molecule has 1 aliphatic heterocycles. The van der Waals surface area contributed by atoms with Crippen LogP contribution in [-0.4, -0.2) is 30.3 Å². The maximum absolute atomic E-state index is 12.8. The molecule has 1 unspecified atom stereocenters. The molecule has 22 heavy (non-hydrogen) atoms. The summed E-state index contributed by atoms with van der Waals surface area (Å²) < 4.78 is 0. The van der Waals surface area contributed by atoms with E-state index in [1.165, 1.54) is 30.4 Å². The number of halogens is 1. The molecule has 0 aliphatic carbocycles. The van der Waals surface area contributed by atoms with Gasteiger partial charge >= 0.3 is 0 Å². The van der Waals surface area contributed by atoms with Gasteiger partial charge in [0.2, 0.25) is 0 Å². The third-order valence-electron chi connectivity index (χ3n) is 4.65. The Morgan fingerprint density at radius 3 is 2.41 bits per heavy atom. The van der Waals surface area contributed by atoms with E-state index in [2.05, 4.69) is 37.8 Å². The van der Waals surface area contributed by atoms with E-state index >= 15 is 0 Å². The Hall–Kier alpha value is -0.860. The fourth-order valence-electron chi connectivity index (χ4n) is 3.28. The maximum atomic E-state index is 12.8. The Labute approximate surface area is 141 Å². The smallest absolute Gasteiger partial charge is 0.167 e. The van der Waals surface area contributed by atoms with Crippen molar-refractivity contribution >= 4 is 18.2 Å². The predicted octanol–water partition coefficient (Wildman–Crippen LogP) is 4.54. The van der Waals surface area contributed by atoms with Crippen LogP contribution in [0.4, 0.5) is 0 Å². The average molecular weight is 324 g/mol. The molecule has 0 amide bonds. The van der Waals surface area contributed by atoms with Gasteiger partial charge in [-0.1, -0.05) is 45.4 Å². The van der Waals surface area contributed by atoms with Gasteiger partial charge in [-0.05, 0) is 49.9 Å². The number of rotatable bonds is 6. The number of benzene rings is 1. The zero-order valence-electron chi connectivity index (χ0n) is 14.2. The molecule has 0 spiro atoms. The fraction of sp³-hybridized carbons (Fsp3) is 0.632. The van der Waals surface area contributed by atoms with Gasteiger partial charge in [-0.3, -0.25) is 4.79 Å². The van der Waals surface area contributed by atoms with Gasteiger partial charge in [-0.2, -0.15) is 0 Å². The second-order valence-electron chi connectivity index (χ2n) is 6.33. The quantitative estimate of drug-likeness (QED) is 0.716. The lowest BCUT2D eigenvalue weighted by Crippen LogP contribution is -2.36. The van der Waals surface area contributed by atoms with Crippen LogP contribution >= 0.6 is 12.4 Å². The van der Waals surface area contributed by atoms with Gasteiger partial charge in [0.05, 0.1) is 0 Å². The van der Waals surface area contributed by atoms with Crippen LogP contribution in [0.25, 0.3) is 0 Å². The average Bonchev–Trinajstić information content (AvgIpc) is 2.54. The Bertz CT molecular complexity index is 480. The summed E-state index contributed by atoms with van der Waals surface area (Å²) in [6.45, 7) is 9.62. The first-order chi connectivity index (χ1) is 10.2. The Kier molecular flexibility index (Phi) is 8.13. The van der Waals surface area contributed by atoms with Crippen LogP contribution in [0.1, 0.15) is 61.5 Å². The maximum Gasteiger partial charge on any atom is 0.167 e. The van der Waals surface area contributed by atoms with E-state index in [-0.39, 0.29) is 18.3 Å². The molecule has 1 heterocycles. The second-order valence-corrected chi connectivity index (χ2v) is 6.33. The standard InChI is InChI=1S/C19H29NO.ClH/c1-4-16-9-10-18(17(5-2)13-16)19(21)15(3)14-20-11-7-6-8-12-20;/h9-10,13,15H,4-8,11-12,14H2,1-3H3;1H. The van der Waals surface area contributed by atoms with E-state index in [0.717, 1.165) is 38.0 Å². The van der Waals surface area contributed by atoms with Crippen LogP contribution in [0.2, 0.25) is 0 Å². The van der Waals surface area contributed by atoms with Crippen LogP contribution in [-0.2, 0) is 12.8 Å². The number of ketones is 1. The number of likely N-dealkylation sites (tertiary alicyclic amines) is 1. The molecule has 0 N–H and O–H groups in total. The highest BCUT2D eigenvalue weighted by Crippen LogP contribution is 2.19. The highest BCUT2D eigenvalue weighted by Gasteiger charge is 2.21. The van der Waals surface area contributed by atoms with Crippen molar-refractivity contribution in [3.63, 3.8) is 0 Å². The van der Waals surface area contributed by atoms with Crippen LogP contribution in [0.15, 0.2) is 18.2 Å². The normalized spacial score (nSPS) is 16.9. The van der Waals surface area contributed by atoms with Crippen molar-refractivity contribution in [3.05, 3.63) is 34.9 Å². The van der Waals surface area contributed by atoms with E-state index in [4.69, 9.17) is 0 Å². The topological polar surface area (TPSA) is 20.3 Å². The number of nitrogens with zero attached hydrogens (tertiary/aromatic N) is 1. The fourth-order valence-corrected chi connectivity index (χ4v) is 3.28. The number of aryl methyl sites for hydroxylation is 2. The molecule has 0 radical (unpaired) electrons. The van der Waals surface area contributed by atoms with Crippen LogP contribution in [0, 0.1) is 5.92 Å². The largest absolute Gasteiger partial charge is 0.303 e. The van der Waals surface area contributed by atoms with Crippen molar-refractivity contribution in [1.82, 2.24) is 4.90 Å². The Morgan fingerprint density at radius 1 is 1.14 bits per heavy atom. The van der Waals surface area contributed by atoms with Gasteiger partial charge in [0.1, 0.15) is 0 Å². The monoisotopic (exact) mass is 323 g/mol. The molecular weight excluding hydrogens is 294 g/mol. The lowest BCUT2D eigenvalue weighted by Gasteiger charge is -2.28. The first-order valence-electron chi connectivity index (χ1n) is 8.54. The van der Waals surface area contributed by atoms with Crippen molar-refractivity contribution in [3.8, 4) is 0 Å². The summed E-state index contributed by atoms with van der Waals surface area (Å²) in [6.07, 6.45) is 5.88. The molecule has 3 heteroatoms.